The number of thioether (sulfide) groups is 1. The van der Waals surface area contributed by atoms with Gasteiger partial charge in [0.1, 0.15) is 0 Å². The fourth-order valence-corrected chi connectivity index (χ4v) is 2.56. The molecule has 82 valence electrons. The maximum absolute atomic E-state index is 11.8. The van der Waals surface area contributed by atoms with Crippen LogP contribution in [0.25, 0.3) is 0 Å². The van der Waals surface area contributed by atoms with Gasteiger partial charge in [-0.3, -0.25) is 4.79 Å². The minimum atomic E-state index is 0.126. The van der Waals surface area contributed by atoms with Crippen molar-refractivity contribution in [3.05, 3.63) is 29.8 Å². The lowest BCUT2D eigenvalue weighted by Crippen LogP contribution is -1.98. The Morgan fingerprint density at radius 3 is 2.67 bits per heavy atom. The van der Waals surface area contributed by atoms with Gasteiger partial charge in [-0.15, -0.1) is 12.6 Å². The Labute approximate surface area is 101 Å². The van der Waals surface area contributed by atoms with Crippen molar-refractivity contribution in [2.24, 2.45) is 5.92 Å². The number of carbonyl (C=O) groups excluding carboxylic acids is 1. The molecule has 3 heteroatoms. The minimum absolute atomic E-state index is 0.126. The Bertz CT molecular complexity index is 334. The van der Waals surface area contributed by atoms with E-state index in [9.17, 15) is 4.79 Å². The average molecular weight is 240 g/mol. The molecule has 0 saturated heterocycles. The summed E-state index contributed by atoms with van der Waals surface area (Å²) in [6.07, 6.45) is 1.07. The van der Waals surface area contributed by atoms with E-state index in [1.54, 1.807) is 0 Å². The highest BCUT2D eigenvalue weighted by Gasteiger charge is 2.09. The Morgan fingerprint density at radius 2 is 2.07 bits per heavy atom. The van der Waals surface area contributed by atoms with E-state index in [2.05, 4.69) is 26.5 Å². The second-order valence-corrected chi connectivity index (χ2v) is 5.39. The zero-order chi connectivity index (χ0) is 11.3. The lowest BCUT2D eigenvalue weighted by molar-refractivity contribution is 0.108. The van der Waals surface area contributed by atoms with E-state index in [-0.39, 0.29) is 5.12 Å². The van der Waals surface area contributed by atoms with E-state index in [0.717, 1.165) is 22.6 Å². The highest BCUT2D eigenvalue weighted by atomic mass is 32.2. The first kappa shape index (κ1) is 12.7. The first-order chi connectivity index (χ1) is 7.11. The molecule has 15 heavy (non-hydrogen) atoms. The topological polar surface area (TPSA) is 17.1 Å². The smallest absolute Gasteiger partial charge is 0.220 e. The van der Waals surface area contributed by atoms with Crippen LogP contribution in [0.2, 0.25) is 0 Å². The molecular formula is C12H16OS2. The molecule has 0 fully saturated rings. The minimum Gasteiger partial charge on any atom is -0.282 e. The molecule has 0 aliphatic rings. The quantitative estimate of drug-likeness (QED) is 0.804. The standard InChI is InChI=1S/C12H16OS2/c1-9(2)7-8-15-12(13)10-5-3-4-6-11(10)14/h3-6,9,14H,7-8H2,1-2H3. The van der Waals surface area contributed by atoms with Crippen molar-refractivity contribution >= 4 is 29.5 Å². The molecule has 1 aromatic rings. The van der Waals surface area contributed by atoms with E-state index < -0.39 is 0 Å². The van der Waals surface area contributed by atoms with Gasteiger partial charge in [0.2, 0.25) is 5.12 Å². The summed E-state index contributed by atoms with van der Waals surface area (Å²) in [4.78, 5) is 12.5. The maximum Gasteiger partial charge on any atom is 0.220 e. The van der Waals surface area contributed by atoms with Crippen LogP contribution < -0.4 is 0 Å². The SMILES string of the molecule is CC(C)CCSC(=O)c1ccccc1S. The molecule has 0 spiro atoms. The number of hydrogen-bond acceptors (Lipinski definition) is 3. The van der Waals surface area contributed by atoms with E-state index >= 15 is 0 Å². The first-order valence-corrected chi connectivity index (χ1v) is 6.49. The molecule has 0 amide bonds. The third-order valence-corrected chi connectivity index (χ3v) is 3.36. The van der Waals surface area contributed by atoms with Crippen molar-refractivity contribution in [1.29, 1.82) is 0 Å². The Hall–Kier alpha value is -0.410. The molecular weight excluding hydrogens is 224 g/mol. The van der Waals surface area contributed by atoms with Crippen molar-refractivity contribution in [1.82, 2.24) is 0 Å². The van der Waals surface area contributed by atoms with Gasteiger partial charge in [-0.05, 0) is 24.5 Å². The van der Waals surface area contributed by atoms with Crippen LogP contribution in [0.3, 0.4) is 0 Å². The van der Waals surface area contributed by atoms with Gasteiger partial charge in [-0.2, -0.15) is 0 Å². The van der Waals surface area contributed by atoms with E-state index in [1.165, 1.54) is 11.8 Å². The summed E-state index contributed by atoms with van der Waals surface area (Å²) in [7, 11) is 0. The third kappa shape index (κ3) is 4.31. The summed E-state index contributed by atoms with van der Waals surface area (Å²) in [6.45, 7) is 4.33. The van der Waals surface area contributed by atoms with Crippen molar-refractivity contribution in [2.75, 3.05) is 5.75 Å². The molecule has 0 atom stereocenters. The summed E-state index contributed by atoms with van der Waals surface area (Å²) in [5.41, 5.74) is 0.717. The summed E-state index contributed by atoms with van der Waals surface area (Å²) in [6, 6.07) is 7.43. The molecule has 0 aliphatic heterocycles. The summed E-state index contributed by atoms with van der Waals surface area (Å²) in [5, 5.41) is 0.126. The second-order valence-electron chi connectivity index (χ2n) is 3.84. The van der Waals surface area contributed by atoms with Crippen molar-refractivity contribution < 1.29 is 4.79 Å². The lowest BCUT2D eigenvalue weighted by atomic mass is 10.2. The zero-order valence-corrected chi connectivity index (χ0v) is 10.8. The van der Waals surface area contributed by atoms with Gasteiger partial charge in [0.05, 0.1) is 0 Å². The lowest BCUT2D eigenvalue weighted by Gasteiger charge is -2.05. The average Bonchev–Trinajstić information content (AvgIpc) is 2.17. The van der Waals surface area contributed by atoms with Crippen molar-refractivity contribution in [3.8, 4) is 0 Å². The predicted octanol–water partition coefficient (Wildman–Crippen LogP) is 3.89. The number of thiol groups is 1. The van der Waals surface area contributed by atoms with E-state index in [0.29, 0.717) is 5.92 Å². The number of hydrogen-bond donors (Lipinski definition) is 1. The summed E-state index contributed by atoms with van der Waals surface area (Å²) in [5.74, 6) is 1.54. The highest BCUT2D eigenvalue weighted by molar-refractivity contribution is 8.14. The second kappa shape index (κ2) is 6.23. The number of benzene rings is 1. The van der Waals surface area contributed by atoms with Gasteiger partial charge >= 0.3 is 0 Å². The normalized spacial score (nSPS) is 10.7. The monoisotopic (exact) mass is 240 g/mol. The Morgan fingerprint density at radius 1 is 1.40 bits per heavy atom. The molecule has 1 aromatic carbocycles. The molecule has 0 unspecified atom stereocenters. The van der Waals surface area contributed by atoms with Gasteiger partial charge < -0.3 is 0 Å². The van der Waals surface area contributed by atoms with Gasteiger partial charge in [0.15, 0.2) is 0 Å². The van der Waals surface area contributed by atoms with Gasteiger partial charge in [0, 0.05) is 16.2 Å². The van der Waals surface area contributed by atoms with Crippen LogP contribution in [-0.4, -0.2) is 10.9 Å². The van der Waals surface area contributed by atoms with Crippen molar-refractivity contribution in [3.63, 3.8) is 0 Å². The highest BCUT2D eigenvalue weighted by Crippen LogP contribution is 2.20. The molecule has 0 aromatic heterocycles. The van der Waals surface area contributed by atoms with Crippen LogP contribution in [-0.2, 0) is 0 Å². The zero-order valence-electron chi connectivity index (χ0n) is 9.06. The largest absolute Gasteiger partial charge is 0.282 e. The molecule has 1 nitrogen and oxygen atoms in total. The van der Waals surface area contributed by atoms with Crippen LogP contribution in [0.4, 0.5) is 0 Å². The van der Waals surface area contributed by atoms with Crippen LogP contribution in [0.15, 0.2) is 29.2 Å². The summed E-state index contributed by atoms with van der Waals surface area (Å²) >= 11 is 5.65. The fraction of sp³-hybridized carbons (Fsp3) is 0.417. The summed E-state index contributed by atoms with van der Waals surface area (Å²) < 4.78 is 0. The van der Waals surface area contributed by atoms with E-state index in [4.69, 9.17) is 0 Å². The molecule has 0 radical (unpaired) electrons. The molecule has 0 heterocycles. The molecule has 0 aliphatic carbocycles. The molecule has 0 N–H and O–H groups in total. The third-order valence-electron chi connectivity index (χ3n) is 2.05. The Kier molecular flexibility index (Phi) is 5.26. The Balaban J connectivity index is 2.51. The van der Waals surface area contributed by atoms with Crippen molar-refractivity contribution in [2.45, 2.75) is 25.2 Å². The predicted molar refractivity (Wildman–Crippen MR) is 69.9 cm³/mol. The van der Waals surface area contributed by atoms with Gasteiger partial charge in [0.25, 0.3) is 0 Å². The fourth-order valence-electron chi connectivity index (χ4n) is 1.11. The first-order valence-electron chi connectivity index (χ1n) is 5.06. The number of rotatable bonds is 4. The van der Waals surface area contributed by atoms with Crippen LogP contribution in [0.5, 0.6) is 0 Å². The molecule has 0 bridgehead atoms. The van der Waals surface area contributed by atoms with Crippen LogP contribution in [0, 0.1) is 5.92 Å². The maximum atomic E-state index is 11.8. The number of carbonyl (C=O) groups is 1. The molecule has 1 rings (SSSR count). The van der Waals surface area contributed by atoms with Crippen LogP contribution >= 0.6 is 24.4 Å². The van der Waals surface area contributed by atoms with Gasteiger partial charge in [-0.1, -0.05) is 37.7 Å². The van der Waals surface area contributed by atoms with E-state index in [1.807, 2.05) is 24.3 Å². The van der Waals surface area contributed by atoms with Crippen LogP contribution in [0.1, 0.15) is 30.6 Å². The molecule has 0 saturated carbocycles. The van der Waals surface area contributed by atoms with Gasteiger partial charge in [-0.25, -0.2) is 0 Å².